The number of carbonyl (C=O) groups excluding carboxylic acids is 1. The molecular formula is C16H16BrN3OS. The number of piperazine rings is 1. The van der Waals surface area contributed by atoms with Crippen LogP contribution in [-0.2, 0) is 4.79 Å². The lowest BCUT2D eigenvalue weighted by atomic mass is 10.2. The molecule has 2 aromatic heterocycles. The third kappa shape index (κ3) is 3.75. The smallest absolute Gasteiger partial charge is 0.246 e. The number of thiophene rings is 1. The molecule has 0 unspecified atom stereocenters. The minimum atomic E-state index is 0.0823. The molecule has 3 heterocycles. The van der Waals surface area contributed by atoms with Crippen molar-refractivity contribution >= 4 is 44.9 Å². The number of amides is 1. The van der Waals surface area contributed by atoms with Crippen LogP contribution in [0.5, 0.6) is 0 Å². The Bertz CT molecular complexity index is 663. The van der Waals surface area contributed by atoms with Crippen LogP contribution in [0.25, 0.3) is 6.08 Å². The topological polar surface area (TPSA) is 36.4 Å². The summed E-state index contributed by atoms with van der Waals surface area (Å²) >= 11 is 5.04. The largest absolute Gasteiger partial charge is 0.368 e. The second-order valence-corrected chi connectivity index (χ2v) is 7.49. The maximum Gasteiger partial charge on any atom is 0.246 e. The van der Waals surface area contributed by atoms with Crippen LogP contribution in [0.4, 0.5) is 5.69 Å². The second kappa shape index (κ2) is 7.07. The quantitative estimate of drug-likeness (QED) is 0.770. The molecule has 1 saturated heterocycles. The predicted octanol–water partition coefficient (Wildman–Crippen LogP) is 3.27. The van der Waals surface area contributed by atoms with Crippen molar-refractivity contribution in [2.24, 2.45) is 0 Å². The summed E-state index contributed by atoms with van der Waals surface area (Å²) in [5, 5.41) is 0. The van der Waals surface area contributed by atoms with Gasteiger partial charge in [-0.15, -0.1) is 11.3 Å². The minimum Gasteiger partial charge on any atom is -0.368 e. The maximum atomic E-state index is 12.2. The third-order valence-corrected chi connectivity index (χ3v) is 5.19. The summed E-state index contributed by atoms with van der Waals surface area (Å²) in [6.07, 6.45) is 7.15. The first kappa shape index (κ1) is 15.2. The highest BCUT2D eigenvalue weighted by molar-refractivity contribution is 9.11. The summed E-state index contributed by atoms with van der Waals surface area (Å²) in [6.45, 7) is 3.21. The van der Waals surface area contributed by atoms with Crippen LogP contribution in [0.1, 0.15) is 4.88 Å². The maximum absolute atomic E-state index is 12.2. The molecule has 2 aromatic rings. The lowest BCUT2D eigenvalue weighted by Crippen LogP contribution is -2.48. The van der Waals surface area contributed by atoms with Crippen molar-refractivity contribution in [1.82, 2.24) is 9.88 Å². The van der Waals surface area contributed by atoms with Gasteiger partial charge in [0.1, 0.15) is 0 Å². The van der Waals surface area contributed by atoms with Gasteiger partial charge in [0.15, 0.2) is 0 Å². The zero-order chi connectivity index (χ0) is 15.4. The summed E-state index contributed by atoms with van der Waals surface area (Å²) < 4.78 is 1.07. The van der Waals surface area contributed by atoms with Gasteiger partial charge in [-0.05, 0) is 46.3 Å². The summed E-state index contributed by atoms with van der Waals surface area (Å²) in [5.41, 5.74) is 1.17. The number of aromatic nitrogens is 1. The lowest BCUT2D eigenvalue weighted by molar-refractivity contribution is -0.126. The Morgan fingerprint density at radius 2 is 1.86 bits per heavy atom. The summed E-state index contributed by atoms with van der Waals surface area (Å²) in [5.74, 6) is 0.0823. The number of halogens is 1. The van der Waals surface area contributed by atoms with Crippen molar-refractivity contribution in [2.75, 3.05) is 31.1 Å². The molecule has 0 aliphatic carbocycles. The number of nitrogens with zero attached hydrogens (tertiary/aromatic N) is 3. The monoisotopic (exact) mass is 377 g/mol. The fraction of sp³-hybridized carbons (Fsp3) is 0.250. The molecule has 4 nitrogen and oxygen atoms in total. The molecule has 22 heavy (non-hydrogen) atoms. The van der Waals surface area contributed by atoms with Crippen LogP contribution < -0.4 is 4.90 Å². The highest BCUT2D eigenvalue weighted by atomic mass is 79.9. The van der Waals surface area contributed by atoms with Gasteiger partial charge in [-0.1, -0.05) is 0 Å². The standard InChI is InChI=1S/C16H16BrN3OS/c17-15-3-1-14(22-15)2-4-16(21)20-11-9-19(10-12-20)13-5-7-18-8-6-13/h1-8H,9-12H2/b4-2+. The molecule has 114 valence electrons. The molecule has 0 N–H and O–H groups in total. The van der Waals surface area contributed by atoms with Gasteiger partial charge in [0, 0.05) is 55.2 Å². The Morgan fingerprint density at radius 3 is 2.50 bits per heavy atom. The molecular weight excluding hydrogens is 362 g/mol. The fourth-order valence-electron chi connectivity index (χ4n) is 2.42. The van der Waals surface area contributed by atoms with E-state index in [0.29, 0.717) is 0 Å². The number of carbonyl (C=O) groups is 1. The number of anilines is 1. The van der Waals surface area contributed by atoms with Gasteiger partial charge in [0.2, 0.25) is 5.91 Å². The molecule has 1 aliphatic heterocycles. The van der Waals surface area contributed by atoms with E-state index in [4.69, 9.17) is 0 Å². The van der Waals surface area contributed by atoms with E-state index in [1.165, 1.54) is 5.69 Å². The van der Waals surface area contributed by atoms with E-state index >= 15 is 0 Å². The first-order chi connectivity index (χ1) is 10.7. The van der Waals surface area contributed by atoms with Crippen molar-refractivity contribution in [3.63, 3.8) is 0 Å². The highest BCUT2D eigenvalue weighted by Crippen LogP contribution is 2.23. The van der Waals surface area contributed by atoms with Crippen LogP contribution in [0.2, 0.25) is 0 Å². The minimum absolute atomic E-state index is 0.0823. The molecule has 0 radical (unpaired) electrons. The van der Waals surface area contributed by atoms with Crippen molar-refractivity contribution < 1.29 is 4.79 Å². The van der Waals surface area contributed by atoms with Crippen molar-refractivity contribution in [3.05, 3.63) is 51.4 Å². The van der Waals surface area contributed by atoms with Gasteiger partial charge in [0.05, 0.1) is 3.79 Å². The van der Waals surface area contributed by atoms with E-state index in [2.05, 4.69) is 25.8 Å². The number of rotatable bonds is 3. The SMILES string of the molecule is O=C(/C=C/c1ccc(Br)s1)N1CCN(c2ccncc2)CC1. The van der Waals surface area contributed by atoms with Crippen molar-refractivity contribution in [3.8, 4) is 0 Å². The number of hydrogen-bond acceptors (Lipinski definition) is 4. The highest BCUT2D eigenvalue weighted by Gasteiger charge is 2.19. The zero-order valence-corrected chi connectivity index (χ0v) is 14.4. The molecule has 0 saturated carbocycles. The first-order valence-electron chi connectivity index (χ1n) is 7.10. The Morgan fingerprint density at radius 1 is 1.14 bits per heavy atom. The predicted molar refractivity (Wildman–Crippen MR) is 94.1 cm³/mol. The molecule has 0 aromatic carbocycles. The lowest BCUT2D eigenvalue weighted by Gasteiger charge is -2.35. The first-order valence-corrected chi connectivity index (χ1v) is 8.70. The molecule has 1 aliphatic rings. The molecule has 0 bridgehead atoms. The van der Waals surface area contributed by atoms with E-state index in [1.807, 2.05) is 35.2 Å². The Labute approximate surface area is 142 Å². The number of hydrogen-bond donors (Lipinski definition) is 0. The molecule has 1 amide bonds. The van der Waals surface area contributed by atoms with Crippen molar-refractivity contribution in [1.29, 1.82) is 0 Å². The summed E-state index contributed by atoms with van der Waals surface area (Å²) in [6, 6.07) is 8.00. The van der Waals surface area contributed by atoms with Gasteiger partial charge in [0.25, 0.3) is 0 Å². The van der Waals surface area contributed by atoms with Gasteiger partial charge >= 0.3 is 0 Å². The molecule has 3 rings (SSSR count). The molecule has 6 heteroatoms. The van der Waals surface area contributed by atoms with Gasteiger partial charge in [-0.3, -0.25) is 9.78 Å². The van der Waals surface area contributed by atoms with E-state index in [-0.39, 0.29) is 5.91 Å². The number of pyridine rings is 1. The fourth-order valence-corrected chi connectivity index (χ4v) is 3.74. The van der Waals surface area contributed by atoms with Crippen LogP contribution in [0.15, 0.2) is 46.5 Å². The Hall–Kier alpha value is -1.66. The van der Waals surface area contributed by atoms with Gasteiger partial charge in [-0.2, -0.15) is 0 Å². The molecule has 1 fully saturated rings. The van der Waals surface area contributed by atoms with E-state index < -0.39 is 0 Å². The van der Waals surface area contributed by atoms with Crippen LogP contribution in [0.3, 0.4) is 0 Å². The average molecular weight is 378 g/mol. The normalized spacial score (nSPS) is 15.5. The summed E-state index contributed by atoms with van der Waals surface area (Å²) in [4.78, 5) is 21.5. The Kier molecular flexibility index (Phi) is 4.90. The molecule has 0 spiro atoms. The van der Waals surface area contributed by atoms with E-state index in [0.717, 1.165) is 34.8 Å². The average Bonchev–Trinajstić information content (AvgIpc) is 2.99. The van der Waals surface area contributed by atoms with E-state index in [1.54, 1.807) is 29.8 Å². The van der Waals surface area contributed by atoms with Crippen LogP contribution in [0, 0.1) is 0 Å². The van der Waals surface area contributed by atoms with Gasteiger partial charge in [-0.25, -0.2) is 0 Å². The zero-order valence-electron chi connectivity index (χ0n) is 12.0. The second-order valence-electron chi connectivity index (χ2n) is 4.99. The Balaban J connectivity index is 1.55. The van der Waals surface area contributed by atoms with Gasteiger partial charge < -0.3 is 9.80 Å². The molecule has 0 atom stereocenters. The van der Waals surface area contributed by atoms with Crippen molar-refractivity contribution in [2.45, 2.75) is 0 Å². The van der Waals surface area contributed by atoms with E-state index in [9.17, 15) is 4.79 Å². The van der Waals surface area contributed by atoms with Crippen LogP contribution in [-0.4, -0.2) is 42.0 Å². The van der Waals surface area contributed by atoms with Crippen LogP contribution >= 0.6 is 27.3 Å². The summed E-state index contributed by atoms with van der Waals surface area (Å²) in [7, 11) is 0. The third-order valence-electron chi connectivity index (χ3n) is 3.60.